The van der Waals surface area contributed by atoms with Crippen LogP contribution in [0.5, 0.6) is 5.75 Å². The maximum atomic E-state index is 12.7. The smallest absolute Gasteiger partial charge is 0.294 e. The summed E-state index contributed by atoms with van der Waals surface area (Å²) in [4.78, 5) is 40.4. The van der Waals surface area contributed by atoms with E-state index in [1.54, 1.807) is 37.4 Å². The number of benzene rings is 1. The van der Waals surface area contributed by atoms with Crippen LogP contribution in [0.15, 0.2) is 45.7 Å². The van der Waals surface area contributed by atoms with E-state index in [1.807, 2.05) is 6.07 Å². The Morgan fingerprint density at radius 3 is 2.61 bits per heavy atom. The molecule has 31 heavy (non-hydrogen) atoms. The maximum Gasteiger partial charge on any atom is 0.294 e. The van der Waals surface area contributed by atoms with Crippen molar-refractivity contribution in [3.63, 3.8) is 0 Å². The lowest BCUT2D eigenvalue weighted by molar-refractivity contribution is -0.127. The molecule has 0 saturated carbocycles. The van der Waals surface area contributed by atoms with E-state index in [0.29, 0.717) is 36.3 Å². The van der Waals surface area contributed by atoms with Crippen molar-refractivity contribution in [2.45, 2.75) is 0 Å². The van der Waals surface area contributed by atoms with Crippen LogP contribution in [0.3, 0.4) is 0 Å². The van der Waals surface area contributed by atoms with E-state index in [1.165, 1.54) is 6.08 Å². The molecule has 2 saturated heterocycles. The van der Waals surface area contributed by atoms with Gasteiger partial charge in [0.15, 0.2) is 5.88 Å². The van der Waals surface area contributed by atoms with Gasteiger partial charge in [-0.25, -0.2) is 0 Å². The first-order chi connectivity index (χ1) is 15.0. The lowest BCUT2D eigenvalue weighted by atomic mass is 10.3. The van der Waals surface area contributed by atoms with Crippen LogP contribution >= 0.6 is 11.8 Å². The van der Waals surface area contributed by atoms with Crippen LogP contribution in [0.2, 0.25) is 0 Å². The number of nitrogens with zero attached hydrogens (tertiary/aromatic N) is 2. The zero-order valence-corrected chi connectivity index (χ0v) is 17.6. The number of ether oxygens (including phenoxy) is 2. The first-order valence-corrected chi connectivity index (χ1v) is 10.5. The average Bonchev–Trinajstić information content (AvgIpc) is 3.35. The van der Waals surface area contributed by atoms with Gasteiger partial charge >= 0.3 is 0 Å². The summed E-state index contributed by atoms with van der Waals surface area (Å²) in [5.41, 5.74) is 0.541. The number of nitrogens with one attached hydrogen (secondary N) is 1. The van der Waals surface area contributed by atoms with Gasteiger partial charge in [-0.3, -0.25) is 19.3 Å². The van der Waals surface area contributed by atoms with Crippen molar-refractivity contribution in [2.75, 3.05) is 50.2 Å². The standard InChI is InChI=1S/C21H21N3O6S/c1-28-15-4-2-14(3-5-15)22-18(25)13-24-20(26)17(31-21(24)27)12-16-6-7-19(30-16)23-8-10-29-11-9-23/h2-7,12H,8-11,13H2,1H3,(H,22,25)/b17-12+. The highest BCUT2D eigenvalue weighted by Crippen LogP contribution is 2.33. The summed E-state index contributed by atoms with van der Waals surface area (Å²) < 4.78 is 16.2. The molecule has 2 fully saturated rings. The van der Waals surface area contributed by atoms with Gasteiger partial charge in [0, 0.05) is 30.9 Å². The Bertz CT molecular complexity index is 1010. The van der Waals surface area contributed by atoms with Crippen LogP contribution in [0.4, 0.5) is 16.4 Å². The number of anilines is 2. The summed E-state index contributed by atoms with van der Waals surface area (Å²) in [5.74, 6) is 0.816. The number of morpholine rings is 1. The summed E-state index contributed by atoms with van der Waals surface area (Å²) in [6.07, 6.45) is 1.52. The Kier molecular flexibility index (Phi) is 6.28. The lowest BCUT2D eigenvalue weighted by Crippen LogP contribution is -2.36. The average molecular weight is 443 g/mol. The van der Waals surface area contributed by atoms with Gasteiger partial charge in [-0.05, 0) is 42.1 Å². The van der Waals surface area contributed by atoms with Gasteiger partial charge in [0.25, 0.3) is 11.1 Å². The minimum Gasteiger partial charge on any atom is -0.497 e. The SMILES string of the molecule is COc1ccc(NC(=O)CN2C(=O)S/C(=C/c3ccc(N4CCOCC4)o3)C2=O)cc1. The third-order valence-corrected chi connectivity index (χ3v) is 5.67. The van der Waals surface area contributed by atoms with Crippen molar-refractivity contribution >= 4 is 46.5 Å². The van der Waals surface area contributed by atoms with Crippen LogP contribution in [-0.2, 0) is 14.3 Å². The molecule has 0 atom stereocenters. The molecule has 0 spiro atoms. The van der Waals surface area contributed by atoms with E-state index in [2.05, 4.69) is 10.2 Å². The quantitative estimate of drug-likeness (QED) is 0.680. The molecule has 4 rings (SSSR count). The summed E-state index contributed by atoms with van der Waals surface area (Å²) in [6, 6.07) is 10.3. The number of imide groups is 1. The molecule has 1 aromatic heterocycles. The Balaban J connectivity index is 1.38. The monoisotopic (exact) mass is 443 g/mol. The molecule has 3 amide bonds. The number of rotatable bonds is 6. The van der Waals surface area contributed by atoms with Gasteiger partial charge in [0.05, 0.1) is 25.2 Å². The Hall–Kier alpha value is -3.24. The third-order valence-electron chi connectivity index (χ3n) is 4.76. The summed E-state index contributed by atoms with van der Waals surface area (Å²) in [5, 5.41) is 2.16. The highest BCUT2D eigenvalue weighted by atomic mass is 32.2. The topological polar surface area (TPSA) is 101 Å². The zero-order valence-electron chi connectivity index (χ0n) is 16.8. The van der Waals surface area contributed by atoms with Gasteiger partial charge in [-0.2, -0.15) is 0 Å². The van der Waals surface area contributed by atoms with E-state index >= 15 is 0 Å². The van der Waals surface area contributed by atoms with Gasteiger partial charge in [0.2, 0.25) is 5.91 Å². The Morgan fingerprint density at radius 2 is 1.90 bits per heavy atom. The number of carbonyl (C=O) groups excluding carboxylic acids is 3. The zero-order chi connectivity index (χ0) is 21.8. The highest BCUT2D eigenvalue weighted by Gasteiger charge is 2.36. The number of methoxy groups -OCH3 is 1. The highest BCUT2D eigenvalue weighted by molar-refractivity contribution is 8.18. The van der Waals surface area contributed by atoms with Crippen LogP contribution < -0.4 is 15.0 Å². The summed E-state index contributed by atoms with van der Waals surface area (Å²) in [6.45, 7) is 2.35. The largest absolute Gasteiger partial charge is 0.497 e. The molecule has 3 heterocycles. The molecule has 1 N–H and O–H groups in total. The maximum absolute atomic E-state index is 12.7. The minimum absolute atomic E-state index is 0.213. The van der Waals surface area contributed by atoms with Crippen molar-refractivity contribution in [2.24, 2.45) is 0 Å². The van der Waals surface area contributed by atoms with E-state index < -0.39 is 17.1 Å². The van der Waals surface area contributed by atoms with Crippen LogP contribution in [0, 0.1) is 0 Å². The first-order valence-electron chi connectivity index (χ1n) is 9.65. The summed E-state index contributed by atoms with van der Waals surface area (Å²) >= 11 is 0.783. The lowest BCUT2D eigenvalue weighted by Gasteiger charge is -2.26. The van der Waals surface area contributed by atoms with Crippen LogP contribution in [0.1, 0.15) is 5.76 Å². The van der Waals surface area contributed by atoms with Gasteiger partial charge in [-0.1, -0.05) is 0 Å². The molecule has 2 aliphatic rings. The first kappa shape index (κ1) is 21.0. The molecular formula is C21H21N3O6S. The van der Waals surface area contributed by atoms with E-state index in [4.69, 9.17) is 13.9 Å². The fourth-order valence-corrected chi connectivity index (χ4v) is 3.98. The molecule has 2 aliphatic heterocycles. The predicted molar refractivity (Wildman–Crippen MR) is 116 cm³/mol. The molecule has 9 nitrogen and oxygen atoms in total. The molecular weight excluding hydrogens is 422 g/mol. The molecule has 0 radical (unpaired) electrons. The van der Waals surface area contributed by atoms with E-state index in [0.717, 1.165) is 29.8 Å². The molecule has 2 aromatic rings. The fraction of sp³-hybridized carbons (Fsp3) is 0.286. The molecule has 0 unspecified atom stereocenters. The van der Waals surface area contributed by atoms with Crippen LogP contribution in [0.25, 0.3) is 6.08 Å². The number of carbonyl (C=O) groups is 3. The normalized spacial score (nSPS) is 18.0. The van der Waals surface area contributed by atoms with Crippen molar-refractivity contribution in [3.05, 3.63) is 47.1 Å². The van der Waals surface area contributed by atoms with E-state index in [-0.39, 0.29) is 11.4 Å². The number of hydrogen-bond acceptors (Lipinski definition) is 8. The number of furan rings is 1. The Labute approximate surface area is 183 Å². The van der Waals surface area contributed by atoms with Crippen molar-refractivity contribution in [1.29, 1.82) is 0 Å². The molecule has 10 heteroatoms. The van der Waals surface area contributed by atoms with Gasteiger partial charge in [0.1, 0.15) is 18.1 Å². The Morgan fingerprint density at radius 1 is 1.16 bits per heavy atom. The second kappa shape index (κ2) is 9.27. The minimum atomic E-state index is -0.524. The van der Waals surface area contributed by atoms with Gasteiger partial charge < -0.3 is 24.1 Å². The van der Waals surface area contributed by atoms with Crippen molar-refractivity contribution < 1.29 is 28.3 Å². The molecule has 1 aromatic carbocycles. The molecule has 162 valence electrons. The van der Waals surface area contributed by atoms with Crippen molar-refractivity contribution in [1.82, 2.24) is 4.90 Å². The predicted octanol–water partition coefficient (Wildman–Crippen LogP) is 2.80. The third kappa shape index (κ3) is 4.92. The second-order valence-corrected chi connectivity index (χ2v) is 7.81. The molecule has 0 aliphatic carbocycles. The van der Waals surface area contributed by atoms with Gasteiger partial charge in [-0.15, -0.1) is 0 Å². The van der Waals surface area contributed by atoms with E-state index in [9.17, 15) is 14.4 Å². The second-order valence-electron chi connectivity index (χ2n) is 6.82. The molecule has 0 bridgehead atoms. The number of hydrogen-bond donors (Lipinski definition) is 1. The van der Waals surface area contributed by atoms with Crippen molar-refractivity contribution in [3.8, 4) is 5.75 Å². The number of amides is 3. The fourth-order valence-electron chi connectivity index (χ4n) is 3.16. The number of thioether (sulfide) groups is 1. The summed E-state index contributed by atoms with van der Waals surface area (Å²) in [7, 11) is 1.55. The van der Waals surface area contributed by atoms with Crippen LogP contribution in [-0.4, -0.2) is 61.9 Å².